The van der Waals surface area contributed by atoms with Crippen LogP contribution >= 0.6 is 0 Å². The number of hydrazine groups is 1. The van der Waals surface area contributed by atoms with E-state index in [2.05, 4.69) is 167 Å². The molecule has 1 saturated carbocycles. The number of amidine groups is 3. The Labute approximate surface area is 450 Å². The van der Waals surface area contributed by atoms with Crippen LogP contribution in [0.4, 0.5) is 34.1 Å². The third kappa shape index (κ3) is 8.08. The van der Waals surface area contributed by atoms with E-state index in [0.29, 0.717) is 35.3 Å². The maximum Gasteiger partial charge on any atom is 0.302 e. The van der Waals surface area contributed by atoms with Gasteiger partial charge in [-0.25, -0.2) is 0 Å². The van der Waals surface area contributed by atoms with Crippen LogP contribution in [-0.4, -0.2) is 46.1 Å². The Bertz CT molecular complexity index is 3820. The van der Waals surface area contributed by atoms with Gasteiger partial charge >= 0.3 is 11.9 Å². The average molecular weight is 1010 g/mol. The predicted molar refractivity (Wildman–Crippen MR) is 313 cm³/mol. The van der Waals surface area contributed by atoms with Crippen molar-refractivity contribution in [2.24, 2.45) is 30.2 Å². The molecule has 0 N–H and O–H groups in total. The fourth-order valence-corrected chi connectivity index (χ4v) is 11.8. The lowest BCUT2D eigenvalue weighted by Crippen LogP contribution is -2.61. The number of benzene rings is 7. The van der Waals surface area contributed by atoms with E-state index in [9.17, 15) is 0 Å². The van der Waals surface area contributed by atoms with Gasteiger partial charge in [-0.05, 0) is 112 Å². The number of hydrogen-bond acceptors (Lipinski definition) is 10. The highest BCUT2D eigenvalue weighted by atomic mass is 16.3. The van der Waals surface area contributed by atoms with E-state index in [4.69, 9.17) is 34.6 Å². The Hall–Kier alpha value is -8.77. The average Bonchev–Trinajstić information content (AvgIpc) is 4.04. The van der Waals surface area contributed by atoms with Crippen molar-refractivity contribution < 1.29 is 9.33 Å². The Balaban J connectivity index is 0.961. The number of guanidine groups is 2. The first-order chi connectivity index (χ1) is 37.4. The summed E-state index contributed by atoms with van der Waals surface area (Å²) in [5.74, 6) is 3.49. The number of rotatable bonds is 7. The molecule has 376 valence electrons. The molecule has 6 heterocycles. The van der Waals surface area contributed by atoms with Gasteiger partial charge in [-0.1, -0.05) is 176 Å². The van der Waals surface area contributed by atoms with E-state index in [0.717, 1.165) is 50.7 Å². The molecule has 77 heavy (non-hydrogen) atoms. The summed E-state index contributed by atoms with van der Waals surface area (Å²) in [6, 6.07) is 62.7. The van der Waals surface area contributed by atoms with E-state index in [1.807, 2.05) is 60.7 Å². The third-order valence-electron chi connectivity index (χ3n) is 15.9. The molecular formula is C65H58BN10O+. The minimum Gasteiger partial charge on any atom is -0.468 e. The number of nitrogens with zero attached hydrogens (tertiary/aromatic N) is 10. The topological polar surface area (TPSA) is 100 Å². The standard InChI is InChI=1S/C65H58BN10O/c1-64(2,3)47-29-34-50(35-30-47)73-52-36-31-48(65(4,5)6)39-51(52)66-57-53(73)37-46(41-19-11-7-12-20-41)38-54(57)74(55-40-56(77-58(55)66)42-21-13-8-14-22-42)49-32-27-45(28-33-49)61-70-63-68-59(43-23-15-9-16-24-43)67-62-69-60(44-25-17-10-18-26-44)71-76(72-61)75(62)63/h8-10,13-18,21-41H,7,11-12,19-20H2,1-6H3/q+1. The molecule has 0 saturated heterocycles. The summed E-state index contributed by atoms with van der Waals surface area (Å²) in [4.78, 5) is 26.4. The van der Waals surface area contributed by atoms with Crippen LogP contribution in [0.15, 0.2) is 211 Å². The first kappa shape index (κ1) is 46.7. The number of hydrazone groups is 1. The van der Waals surface area contributed by atoms with Crippen LogP contribution in [0.1, 0.15) is 113 Å². The lowest BCUT2D eigenvalue weighted by molar-refractivity contribution is -0.705. The second-order valence-corrected chi connectivity index (χ2v) is 23.0. The molecule has 14 rings (SSSR count). The molecule has 0 bridgehead atoms. The molecule has 8 aromatic rings. The first-order valence-electron chi connectivity index (χ1n) is 27.1. The highest BCUT2D eigenvalue weighted by Crippen LogP contribution is 2.48. The zero-order chi connectivity index (χ0) is 52.2. The second kappa shape index (κ2) is 17.9. The van der Waals surface area contributed by atoms with Crippen molar-refractivity contribution in [2.45, 2.75) is 90.4 Å². The van der Waals surface area contributed by atoms with E-state index < -0.39 is 0 Å². The fraction of sp³-hybridized carbons (Fsp3) is 0.215. The third-order valence-corrected chi connectivity index (χ3v) is 15.9. The lowest BCUT2D eigenvalue weighted by atomic mass is 9.35. The normalized spacial score (nSPS) is 16.8. The number of hydrogen-bond donors (Lipinski definition) is 0. The Morgan fingerprint density at radius 1 is 0.494 bits per heavy atom. The first-order valence-corrected chi connectivity index (χ1v) is 27.1. The minimum atomic E-state index is -0.177. The molecule has 1 aromatic heterocycles. The summed E-state index contributed by atoms with van der Waals surface area (Å²) in [6.07, 6.45) is 6.09. The molecule has 1 aliphatic carbocycles. The molecule has 7 aromatic carbocycles. The van der Waals surface area contributed by atoms with Gasteiger partial charge in [0.1, 0.15) is 5.76 Å². The molecule has 0 spiro atoms. The Kier molecular flexibility index (Phi) is 10.9. The molecule has 11 nitrogen and oxygen atoms in total. The van der Waals surface area contributed by atoms with Gasteiger partial charge in [0.15, 0.2) is 10.8 Å². The van der Waals surface area contributed by atoms with Crippen LogP contribution in [-0.2, 0) is 10.8 Å². The number of aliphatic imine (C=N–C) groups is 4. The molecule has 0 atom stereocenters. The SMILES string of the molecule is CC(C)(C)c1ccc(N2c3ccc(C(C)(C)C)cc3B3c4oc(-c5ccccc5)cc4N(c4ccc(C5=N[N+]6=NC(c7ccccc7)=NC7=NC(c8ccccc8)=NC(=N5)N76)cc4)c4cc(C5CCCCC5)cc2c43)cc1. The predicted octanol–water partition coefficient (Wildman–Crippen LogP) is 13.7. The Morgan fingerprint density at radius 3 is 1.65 bits per heavy atom. The molecule has 0 unspecified atom stereocenters. The quantitative estimate of drug-likeness (QED) is 0.117. The Morgan fingerprint density at radius 2 is 1.03 bits per heavy atom. The van der Waals surface area contributed by atoms with Crippen molar-refractivity contribution in [2.75, 3.05) is 9.80 Å². The van der Waals surface area contributed by atoms with Crippen LogP contribution in [0.25, 0.3) is 11.3 Å². The summed E-state index contributed by atoms with van der Waals surface area (Å²) in [6.45, 7) is 13.6. The van der Waals surface area contributed by atoms with Crippen LogP contribution in [0.2, 0.25) is 0 Å². The lowest BCUT2D eigenvalue weighted by Gasteiger charge is -2.43. The summed E-state index contributed by atoms with van der Waals surface area (Å²) < 4.78 is 7.36. The van der Waals surface area contributed by atoms with Gasteiger partial charge in [-0.15, -0.1) is 0 Å². The van der Waals surface area contributed by atoms with Crippen molar-refractivity contribution in [3.05, 3.63) is 209 Å². The highest BCUT2D eigenvalue weighted by molar-refractivity contribution is 6.99. The van der Waals surface area contributed by atoms with Crippen LogP contribution < -0.4 is 26.4 Å². The van der Waals surface area contributed by atoms with Crippen molar-refractivity contribution in [3.63, 3.8) is 0 Å². The molecule has 1 fully saturated rings. The van der Waals surface area contributed by atoms with E-state index in [1.165, 1.54) is 81.7 Å². The summed E-state index contributed by atoms with van der Waals surface area (Å²) >= 11 is 0. The van der Waals surface area contributed by atoms with Crippen LogP contribution in [0.5, 0.6) is 0 Å². The molecule has 5 aliphatic heterocycles. The van der Waals surface area contributed by atoms with Crippen LogP contribution in [0, 0.1) is 0 Å². The van der Waals surface area contributed by atoms with Crippen molar-refractivity contribution in [1.82, 2.24) is 5.01 Å². The zero-order valence-electron chi connectivity index (χ0n) is 44.3. The fourth-order valence-electron chi connectivity index (χ4n) is 11.8. The molecule has 12 heteroatoms. The maximum absolute atomic E-state index is 7.36. The summed E-state index contributed by atoms with van der Waals surface area (Å²) in [5, 5.41) is 11.6. The summed E-state index contributed by atoms with van der Waals surface area (Å²) in [5.41, 5.74) is 17.6. The van der Waals surface area contributed by atoms with Gasteiger partial charge in [-0.2, -0.15) is 20.0 Å². The maximum atomic E-state index is 7.36. The number of fused-ring (bicyclic) bond motifs is 4. The van der Waals surface area contributed by atoms with Crippen molar-refractivity contribution in [3.8, 4) is 11.3 Å². The smallest absolute Gasteiger partial charge is 0.302 e. The van der Waals surface area contributed by atoms with E-state index in [1.54, 1.807) is 5.01 Å². The van der Waals surface area contributed by atoms with Crippen molar-refractivity contribution in [1.29, 1.82) is 0 Å². The van der Waals surface area contributed by atoms with E-state index in [-0.39, 0.29) is 17.5 Å². The number of anilines is 6. The number of furan rings is 1. The highest BCUT2D eigenvalue weighted by Gasteiger charge is 2.48. The second-order valence-electron chi connectivity index (χ2n) is 23.0. The van der Waals surface area contributed by atoms with Gasteiger partial charge in [0, 0.05) is 61.8 Å². The van der Waals surface area contributed by atoms with Gasteiger partial charge in [0.2, 0.25) is 11.7 Å². The van der Waals surface area contributed by atoms with Gasteiger partial charge in [-0.3, -0.25) is 0 Å². The molecular weight excluding hydrogens is 948 g/mol. The largest absolute Gasteiger partial charge is 0.468 e. The molecule has 0 radical (unpaired) electrons. The van der Waals surface area contributed by atoms with Gasteiger partial charge in [0.05, 0.1) is 21.6 Å². The van der Waals surface area contributed by atoms with E-state index >= 15 is 0 Å². The molecule has 6 aliphatic rings. The summed E-state index contributed by atoms with van der Waals surface area (Å²) in [7, 11) is 0. The van der Waals surface area contributed by atoms with Gasteiger partial charge in [0.25, 0.3) is 6.71 Å². The van der Waals surface area contributed by atoms with Gasteiger partial charge < -0.3 is 14.2 Å². The van der Waals surface area contributed by atoms with Crippen LogP contribution in [0.3, 0.4) is 0 Å². The molecule has 0 amide bonds. The zero-order valence-corrected chi connectivity index (χ0v) is 44.3. The monoisotopic (exact) mass is 1010 g/mol. The van der Waals surface area contributed by atoms with Crippen molar-refractivity contribution >= 4 is 86.8 Å². The minimum absolute atomic E-state index is 0.0157.